The molecule has 6 heteroatoms. The van der Waals surface area contributed by atoms with E-state index in [2.05, 4.69) is 31.3 Å². The lowest BCUT2D eigenvalue weighted by molar-refractivity contribution is -0.143. The van der Waals surface area contributed by atoms with E-state index in [1.54, 1.807) is 6.08 Å². The molecule has 0 rings (SSSR count). The maximum Gasteiger partial charge on any atom is 0.305 e. The second-order valence-electron chi connectivity index (χ2n) is 19.6. The monoisotopic (exact) mass is 902 g/mol. The van der Waals surface area contributed by atoms with Crippen molar-refractivity contribution in [3.8, 4) is 0 Å². The molecule has 0 aromatic carbocycles. The van der Waals surface area contributed by atoms with Crippen LogP contribution in [0.15, 0.2) is 24.3 Å². The van der Waals surface area contributed by atoms with Gasteiger partial charge in [-0.05, 0) is 57.8 Å². The highest BCUT2D eigenvalue weighted by Gasteiger charge is 2.18. The van der Waals surface area contributed by atoms with Gasteiger partial charge in [-0.3, -0.25) is 9.59 Å². The van der Waals surface area contributed by atoms with Crippen molar-refractivity contribution in [2.24, 2.45) is 0 Å². The summed E-state index contributed by atoms with van der Waals surface area (Å²) in [4.78, 5) is 24.5. The zero-order valence-electron chi connectivity index (χ0n) is 43.0. The van der Waals surface area contributed by atoms with Crippen molar-refractivity contribution in [2.75, 3.05) is 13.2 Å². The summed E-state index contributed by atoms with van der Waals surface area (Å²) in [7, 11) is 0. The summed E-state index contributed by atoms with van der Waals surface area (Å²) in [5, 5.41) is 23.0. The van der Waals surface area contributed by atoms with Crippen molar-refractivity contribution in [2.45, 2.75) is 321 Å². The fourth-order valence-corrected chi connectivity index (χ4v) is 8.81. The molecule has 2 atom stereocenters. The fraction of sp³-hybridized carbons (Fsp3) is 0.897. The Kier molecular flexibility index (Phi) is 52.6. The van der Waals surface area contributed by atoms with E-state index in [9.17, 15) is 19.8 Å². The van der Waals surface area contributed by atoms with Crippen molar-refractivity contribution in [3.05, 3.63) is 24.3 Å². The molecule has 0 aliphatic carbocycles. The molecule has 64 heavy (non-hydrogen) atoms. The number of aliphatic hydroxyl groups is 2. The molecule has 0 aromatic heterocycles. The molecule has 0 saturated carbocycles. The minimum absolute atomic E-state index is 0.00314. The van der Waals surface area contributed by atoms with Crippen LogP contribution in [0.4, 0.5) is 0 Å². The lowest BCUT2D eigenvalue weighted by Crippen LogP contribution is -2.45. The predicted molar refractivity (Wildman–Crippen MR) is 278 cm³/mol. The number of hydrogen-bond acceptors (Lipinski definition) is 5. The van der Waals surface area contributed by atoms with Crippen LogP contribution < -0.4 is 5.32 Å². The van der Waals surface area contributed by atoms with Crippen LogP contribution in [0, 0.1) is 0 Å². The molecule has 378 valence electrons. The van der Waals surface area contributed by atoms with Crippen molar-refractivity contribution < 1.29 is 24.5 Å². The van der Waals surface area contributed by atoms with E-state index in [-0.39, 0.29) is 18.5 Å². The van der Waals surface area contributed by atoms with E-state index < -0.39 is 12.1 Å². The van der Waals surface area contributed by atoms with Gasteiger partial charge in [0.25, 0.3) is 0 Å². The Bertz CT molecular complexity index is 997. The molecule has 0 fully saturated rings. The molecule has 0 aliphatic heterocycles. The largest absolute Gasteiger partial charge is 0.466 e. The first-order valence-electron chi connectivity index (χ1n) is 28.6. The SMILES string of the molecule is CCCCCCCC/C=C\CCCCCCCCCC(=O)OCCCCCCCCCCCCCCCCCCCCC(=O)NC(CO)C(O)/C=C/CCCCCCCCCCCC. The van der Waals surface area contributed by atoms with Gasteiger partial charge in [0.05, 0.1) is 25.4 Å². The Hall–Kier alpha value is -1.66. The molecular formula is C58H111NO5. The molecule has 0 aliphatic rings. The summed E-state index contributed by atoms with van der Waals surface area (Å²) in [5.41, 5.74) is 0. The van der Waals surface area contributed by atoms with Crippen LogP contribution in [-0.2, 0) is 14.3 Å². The van der Waals surface area contributed by atoms with Gasteiger partial charge in [0.15, 0.2) is 0 Å². The minimum Gasteiger partial charge on any atom is -0.466 e. The van der Waals surface area contributed by atoms with E-state index in [1.165, 1.54) is 238 Å². The first-order valence-corrected chi connectivity index (χ1v) is 28.6. The topological polar surface area (TPSA) is 95.9 Å². The summed E-state index contributed by atoms with van der Waals surface area (Å²) in [6.07, 6.45) is 64.8. The van der Waals surface area contributed by atoms with Crippen LogP contribution in [0.5, 0.6) is 0 Å². The Morgan fingerprint density at radius 1 is 0.422 bits per heavy atom. The number of amides is 1. The standard InChI is InChI=1S/C58H111NO5/c1-3-5-7-9-11-13-15-17-18-21-25-28-32-36-40-44-48-52-58(63)64-53-49-45-41-37-33-29-26-23-20-19-22-24-27-31-35-39-43-47-51-57(62)59-55(54-60)56(61)50-46-42-38-34-30-16-14-12-10-8-6-4-2/h17-18,46,50,55-56,60-61H,3-16,19-45,47-49,51-54H2,1-2H3,(H,59,62)/b18-17-,50-46+. The van der Waals surface area contributed by atoms with Crippen LogP contribution in [0.3, 0.4) is 0 Å². The first kappa shape index (κ1) is 62.3. The molecule has 0 saturated heterocycles. The Morgan fingerprint density at radius 2 is 0.734 bits per heavy atom. The molecule has 6 nitrogen and oxygen atoms in total. The number of allylic oxidation sites excluding steroid dienone is 3. The van der Waals surface area contributed by atoms with Crippen LogP contribution in [0.1, 0.15) is 309 Å². The molecule has 1 amide bonds. The average molecular weight is 903 g/mol. The van der Waals surface area contributed by atoms with Gasteiger partial charge in [0, 0.05) is 12.8 Å². The molecule has 0 spiro atoms. The Labute approximate surface area is 399 Å². The van der Waals surface area contributed by atoms with Crippen molar-refractivity contribution in [1.29, 1.82) is 0 Å². The van der Waals surface area contributed by atoms with Crippen LogP contribution >= 0.6 is 0 Å². The summed E-state index contributed by atoms with van der Waals surface area (Å²) in [6.45, 7) is 4.89. The highest BCUT2D eigenvalue weighted by molar-refractivity contribution is 5.76. The smallest absolute Gasteiger partial charge is 0.305 e. The summed E-state index contributed by atoms with van der Waals surface area (Å²) in [5.74, 6) is -0.0691. The van der Waals surface area contributed by atoms with E-state index in [1.807, 2.05) is 6.08 Å². The van der Waals surface area contributed by atoms with Crippen LogP contribution in [-0.4, -0.2) is 47.4 Å². The number of rotatable bonds is 53. The molecule has 0 bridgehead atoms. The van der Waals surface area contributed by atoms with Gasteiger partial charge in [0.2, 0.25) is 5.91 Å². The van der Waals surface area contributed by atoms with Gasteiger partial charge in [-0.15, -0.1) is 0 Å². The minimum atomic E-state index is -0.846. The lowest BCUT2D eigenvalue weighted by atomic mass is 10.0. The number of nitrogens with one attached hydrogen (secondary N) is 1. The quantitative estimate of drug-likeness (QED) is 0.0321. The van der Waals surface area contributed by atoms with Gasteiger partial charge in [-0.2, -0.15) is 0 Å². The molecule has 0 aromatic rings. The Balaban J connectivity index is 3.40. The van der Waals surface area contributed by atoms with Gasteiger partial charge >= 0.3 is 5.97 Å². The number of esters is 1. The number of carbonyl (C=O) groups is 2. The first-order chi connectivity index (χ1) is 31.5. The predicted octanol–water partition coefficient (Wildman–Crippen LogP) is 17.5. The van der Waals surface area contributed by atoms with Crippen LogP contribution in [0.2, 0.25) is 0 Å². The molecule has 2 unspecified atom stereocenters. The van der Waals surface area contributed by atoms with Gasteiger partial charge < -0.3 is 20.3 Å². The number of ether oxygens (including phenoxy) is 1. The zero-order chi connectivity index (χ0) is 46.5. The summed E-state index contributed by atoms with van der Waals surface area (Å²) >= 11 is 0. The third-order valence-corrected chi connectivity index (χ3v) is 13.2. The number of hydrogen-bond donors (Lipinski definition) is 3. The van der Waals surface area contributed by atoms with Crippen molar-refractivity contribution in [3.63, 3.8) is 0 Å². The zero-order valence-corrected chi connectivity index (χ0v) is 43.0. The van der Waals surface area contributed by atoms with E-state index in [0.29, 0.717) is 19.4 Å². The highest BCUT2D eigenvalue weighted by Crippen LogP contribution is 2.17. The third-order valence-electron chi connectivity index (χ3n) is 13.2. The maximum atomic E-state index is 12.4. The fourth-order valence-electron chi connectivity index (χ4n) is 8.81. The lowest BCUT2D eigenvalue weighted by Gasteiger charge is -2.20. The van der Waals surface area contributed by atoms with Crippen LogP contribution in [0.25, 0.3) is 0 Å². The molecule has 3 N–H and O–H groups in total. The normalized spacial score (nSPS) is 12.8. The van der Waals surface area contributed by atoms with E-state index >= 15 is 0 Å². The summed E-state index contributed by atoms with van der Waals surface area (Å²) < 4.78 is 5.48. The maximum absolute atomic E-state index is 12.4. The molecule has 0 radical (unpaired) electrons. The molecular weight excluding hydrogens is 791 g/mol. The number of aliphatic hydroxyl groups excluding tert-OH is 2. The van der Waals surface area contributed by atoms with Gasteiger partial charge in [0.1, 0.15) is 0 Å². The molecule has 0 heterocycles. The van der Waals surface area contributed by atoms with E-state index in [0.717, 1.165) is 44.9 Å². The van der Waals surface area contributed by atoms with Gasteiger partial charge in [-0.1, -0.05) is 263 Å². The van der Waals surface area contributed by atoms with E-state index in [4.69, 9.17) is 4.74 Å². The van der Waals surface area contributed by atoms with Crippen molar-refractivity contribution >= 4 is 11.9 Å². The highest BCUT2D eigenvalue weighted by atomic mass is 16.5. The third kappa shape index (κ3) is 49.8. The second kappa shape index (κ2) is 54.0. The van der Waals surface area contributed by atoms with Crippen molar-refractivity contribution in [1.82, 2.24) is 5.32 Å². The number of carbonyl (C=O) groups excluding carboxylic acids is 2. The Morgan fingerprint density at radius 3 is 1.11 bits per heavy atom. The summed E-state index contributed by atoms with van der Waals surface area (Å²) in [6, 6.07) is -0.629. The second-order valence-corrected chi connectivity index (χ2v) is 19.6. The van der Waals surface area contributed by atoms with Gasteiger partial charge in [-0.25, -0.2) is 0 Å². The average Bonchev–Trinajstić information content (AvgIpc) is 3.29. The number of unbranched alkanes of at least 4 members (excludes halogenated alkanes) is 40.